The van der Waals surface area contributed by atoms with Gasteiger partial charge in [0.1, 0.15) is 4.90 Å². The first kappa shape index (κ1) is 14.2. The summed E-state index contributed by atoms with van der Waals surface area (Å²) in [5.74, 6) is -0.496. The summed E-state index contributed by atoms with van der Waals surface area (Å²) >= 11 is 0. The van der Waals surface area contributed by atoms with Crippen molar-refractivity contribution in [2.45, 2.75) is 11.8 Å². The van der Waals surface area contributed by atoms with Gasteiger partial charge in [0.25, 0.3) is 5.91 Å². The van der Waals surface area contributed by atoms with Crippen LogP contribution >= 0.6 is 0 Å². The van der Waals surface area contributed by atoms with Crippen molar-refractivity contribution in [2.75, 3.05) is 5.32 Å². The molecule has 0 bridgehead atoms. The SMILES string of the molecule is Cc1cccc(C(=O)Nc2ccccc2S(=O)(=O)F)c1. The molecule has 0 atom stereocenters. The molecule has 0 saturated heterocycles. The normalized spacial score (nSPS) is 11.1. The first-order chi connectivity index (χ1) is 9.38. The van der Waals surface area contributed by atoms with Crippen LogP contribution in [0.1, 0.15) is 15.9 Å². The van der Waals surface area contributed by atoms with E-state index < -0.39 is 21.0 Å². The average Bonchev–Trinajstić information content (AvgIpc) is 2.38. The number of hydrogen-bond acceptors (Lipinski definition) is 3. The topological polar surface area (TPSA) is 63.2 Å². The van der Waals surface area contributed by atoms with Crippen LogP contribution in [0.5, 0.6) is 0 Å². The molecule has 1 N–H and O–H groups in total. The van der Waals surface area contributed by atoms with Crippen LogP contribution in [-0.4, -0.2) is 14.3 Å². The van der Waals surface area contributed by atoms with Gasteiger partial charge in [-0.15, -0.1) is 3.89 Å². The van der Waals surface area contributed by atoms with Gasteiger partial charge in [0, 0.05) is 5.56 Å². The minimum absolute atomic E-state index is 0.0819. The number of benzene rings is 2. The smallest absolute Gasteiger partial charge is 0.321 e. The van der Waals surface area contributed by atoms with Gasteiger partial charge in [0.15, 0.2) is 0 Å². The van der Waals surface area contributed by atoms with Crippen LogP contribution in [0.4, 0.5) is 9.57 Å². The van der Waals surface area contributed by atoms with Gasteiger partial charge in [-0.1, -0.05) is 29.8 Å². The molecule has 104 valence electrons. The Morgan fingerprint density at radius 2 is 1.80 bits per heavy atom. The van der Waals surface area contributed by atoms with Crippen molar-refractivity contribution in [1.29, 1.82) is 0 Å². The number of para-hydroxylation sites is 1. The fourth-order valence-electron chi connectivity index (χ4n) is 1.76. The number of hydrogen-bond donors (Lipinski definition) is 1. The summed E-state index contributed by atoms with van der Waals surface area (Å²) < 4.78 is 35.1. The third-order valence-electron chi connectivity index (χ3n) is 2.68. The summed E-state index contributed by atoms with van der Waals surface area (Å²) in [4.78, 5) is 11.5. The van der Waals surface area contributed by atoms with E-state index in [4.69, 9.17) is 0 Å². The second-order valence-electron chi connectivity index (χ2n) is 4.26. The predicted octanol–water partition coefficient (Wildman–Crippen LogP) is 2.91. The van der Waals surface area contributed by atoms with Crippen LogP contribution in [0, 0.1) is 6.92 Å². The molecule has 4 nitrogen and oxygen atoms in total. The van der Waals surface area contributed by atoms with Crippen LogP contribution < -0.4 is 5.32 Å². The number of amides is 1. The van der Waals surface area contributed by atoms with Crippen LogP contribution in [-0.2, 0) is 10.2 Å². The van der Waals surface area contributed by atoms with Crippen LogP contribution in [0.15, 0.2) is 53.4 Å². The van der Waals surface area contributed by atoms with E-state index in [-0.39, 0.29) is 5.69 Å². The second-order valence-corrected chi connectivity index (χ2v) is 5.57. The molecule has 0 aliphatic carbocycles. The van der Waals surface area contributed by atoms with Crippen molar-refractivity contribution < 1.29 is 17.1 Å². The third kappa shape index (κ3) is 3.21. The molecule has 0 saturated carbocycles. The largest absolute Gasteiger partial charge is 0.334 e. The lowest BCUT2D eigenvalue weighted by molar-refractivity contribution is 0.102. The minimum Gasteiger partial charge on any atom is -0.321 e. The van der Waals surface area contributed by atoms with Gasteiger partial charge >= 0.3 is 10.2 Å². The number of anilines is 1. The number of halogens is 1. The highest BCUT2D eigenvalue weighted by Gasteiger charge is 2.18. The van der Waals surface area contributed by atoms with E-state index in [2.05, 4.69) is 5.32 Å². The fraction of sp³-hybridized carbons (Fsp3) is 0.0714. The van der Waals surface area contributed by atoms with Gasteiger partial charge in [-0.25, -0.2) is 0 Å². The standard InChI is InChI=1S/C14H12FNO3S/c1-10-5-4-6-11(9-10)14(17)16-12-7-2-3-8-13(12)20(15,18)19/h2-9H,1H3,(H,16,17). The lowest BCUT2D eigenvalue weighted by atomic mass is 10.1. The highest BCUT2D eigenvalue weighted by Crippen LogP contribution is 2.23. The quantitative estimate of drug-likeness (QED) is 0.885. The maximum Gasteiger partial charge on any atom is 0.334 e. The molecule has 6 heteroatoms. The Morgan fingerprint density at radius 3 is 2.45 bits per heavy atom. The number of carbonyl (C=O) groups is 1. The van der Waals surface area contributed by atoms with E-state index in [0.29, 0.717) is 5.56 Å². The molecule has 2 aromatic carbocycles. The number of aryl methyl sites for hydroxylation is 1. The monoisotopic (exact) mass is 293 g/mol. The van der Waals surface area contributed by atoms with E-state index in [1.54, 1.807) is 18.2 Å². The lowest BCUT2D eigenvalue weighted by Gasteiger charge is -2.08. The molecular formula is C14H12FNO3S. The Bertz CT molecular complexity index is 757. The molecule has 0 spiro atoms. The zero-order valence-corrected chi connectivity index (χ0v) is 11.4. The first-order valence-corrected chi connectivity index (χ1v) is 7.18. The fourth-order valence-corrected chi connectivity index (χ4v) is 2.39. The molecule has 0 aliphatic rings. The predicted molar refractivity (Wildman–Crippen MR) is 73.9 cm³/mol. The highest BCUT2D eigenvalue weighted by atomic mass is 32.3. The zero-order valence-electron chi connectivity index (χ0n) is 10.6. The molecule has 2 aromatic rings. The number of carbonyl (C=O) groups excluding carboxylic acids is 1. The summed E-state index contributed by atoms with van der Waals surface area (Å²) in [6.07, 6.45) is 0. The summed E-state index contributed by atoms with van der Waals surface area (Å²) in [6.45, 7) is 1.83. The summed E-state index contributed by atoms with van der Waals surface area (Å²) in [7, 11) is -4.88. The Kier molecular flexibility index (Phi) is 3.85. The Hall–Kier alpha value is -2.21. The lowest BCUT2D eigenvalue weighted by Crippen LogP contribution is -2.14. The van der Waals surface area contributed by atoms with E-state index in [0.717, 1.165) is 11.6 Å². The zero-order chi connectivity index (χ0) is 14.8. The minimum atomic E-state index is -4.88. The molecule has 0 fully saturated rings. The van der Waals surface area contributed by atoms with E-state index >= 15 is 0 Å². The van der Waals surface area contributed by atoms with Crippen molar-refractivity contribution >= 4 is 21.8 Å². The van der Waals surface area contributed by atoms with E-state index in [1.165, 1.54) is 18.2 Å². The highest BCUT2D eigenvalue weighted by molar-refractivity contribution is 7.86. The third-order valence-corrected chi connectivity index (χ3v) is 3.56. The molecule has 0 radical (unpaired) electrons. The van der Waals surface area contributed by atoms with Crippen molar-refractivity contribution in [3.05, 3.63) is 59.7 Å². The summed E-state index contributed by atoms with van der Waals surface area (Å²) in [6, 6.07) is 12.1. The number of nitrogens with one attached hydrogen (secondary N) is 1. The molecule has 2 rings (SSSR count). The van der Waals surface area contributed by atoms with Crippen LogP contribution in [0.3, 0.4) is 0 Å². The summed E-state index contributed by atoms with van der Waals surface area (Å²) in [5.41, 5.74) is 1.18. The van der Waals surface area contributed by atoms with Crippen molar-refractivity contribution in [3.8, 4) is 0 Å². The van der Waals surface area contributed by atoms with Gasteiger partial charge < -0.3 is 5.32 Å². The Balaban J connectivity index is 2.34. The van der Waals surface area contributed by atoms with Crippen molar-refractivity contribution in [3.63, 3.8) is 0 Å². The first-order valence-electron chi connectivity index (χ1n) is 5.79. The van der Waals surface area contributed by atoms with E-state index in [9.17, 15) is 17.1 Å². The molecule has 0 aromatic heterocycles. The van der Waals surface area contributed by atoms with Crippen molar-refractivity contribution in [2.24, 2.45) is 0 Å². The second kappa shape index (κ2) is 5.42. The van der Waals surface area contributed by atoms with Gasteiger partial charge in [-0.3, -0.25) is 4.79 Å². The maximum absolute atomic E-state index is 13.1. The molecule has 20 heavy (non-hydrogen) atoms. The van der Waals surface area contributed by atoms with E-state index in [1.807, 2.05) is 13.0 Å². The molecule has 0 unspecified atom stereocenters. The van der Waals surface area contributed by atoms with Crippen LogP contribution in [0.2, 0.25) is 0 Å². The molecule has 1 amide bonds. The average molecular weight is 293 g/mol. The summed E-state index contributed by atoms with van der Waals surface area (Å²) in [5, 5.41) is 2.40. The van der Waals surface area contributed by atoms with Crippen LogP contribution in [0.25, 0.3) is 0 Å². The van der Waals surface area contributed by atoms with Gasteiger partial charge in [0.2, 0.25) is 0 Å². The number of rotatable bonds is 3. The Morgan fingerprint density at radius 1 is 1.10 bits per heavy atom. The Labute approximate surface area is 116 Å². The van der Waals surface area contributed by atoms with Gasteiger partial charge in [-0.2, -0.15) is 8.42 Å². The van der Waals surface area contributed by atoms with Gasteiger partial charge in [-0.05, 0) is 31.2 Å². The van der Waals surface area contributed by atoms with Crippen molar-refractivity contribution in [1.82, 2.24) is 0 Å². The molecule has 0 aliphatic heterocycles. The van der Waals surface area contributed by atoms with Gasteiger partial charge in [0.05, 0.1) is 5.69 Å². The molecular weight excluding hydrogens is 281 g/mol. The molecule has 0 heterocycles. The maximum atomic E-state index is 13.1.